The fourth-order valence-corrected chi connectivity index (χ4v) is 6.31. The largest absolute Gasteiger partial charge is 0.444 e. The summed E-state index contributed by atoms with van der Waals surface area (Å²) >= 11 is 0. The maximum absolute atomic E-state index is 13.8. The van der Waals surface area contributed by atoms with Crippen LogP contribution in [0.2, 0.25) is 18.1 Å². The number of carbonyl (C=O) groups is 1. The Morgan fingerprint density at radius 1 is 1.19 bits per heavy atom. The molecular weight excluding hydrogens is 513 g/mol. The number of nitrogens with zero attached hydrogens (tertiary/aromatic N) is 2. The second kappa shape index (κ2) is 11.1. The van der Waals surface area contributed by atoms with Gasteiger partial charge in [0.1, 0.15) is 11.4 Å². The molecule has 8 nitrogen and oxygen atoms in total. The number of rotatable bonds is 7. The zero-order chi connectivity index (χ0) is 28.4. The number of hydrogen-bond donors (Lipinski definition) is 1. The second-order valence-electron chi connectivity index (χ2n) is 11.6. The molecule has 11 heteroatoms. The van der Waals surface area contributed by atoms with E-state index in [4.69, 9.17) is 9.16 Å². The minimum atomic E-state index is -4.13. The number of allylic oxidation sites excluding steroid dienone is 2. The van der Waals surface area contributed by atoms with E-state index < -0.39 is 42.0 Å². The highest BCUT2D eigenvalue weighted by Crippen LogP contribution is 2.40. The van der Waals surface area contributed by atoms with Crippen LogP contribution in [0.3, 0.4) is 0 Å². The summed E-state index contributed by atoms with van der Waals surface area (Å²) < 4.78 is 54.2. The molecule has 0 spiro atoms. The highest BCUT2D eigenvalue weighted by molar-refractivity contribution is 7.89. The summed E-state index contributed by atoms with van der Waals surface area (Å²) in [5.74, 6) is -0.543. The van der Waals surface area contributed by atoms with Gasteiger partial charge in [0.05, 0.1) is 28.9 Å². The van der Waals surface area contributed by atoms with E-state index in [1.165, 1.54) is 22.5 Å². The average molecular weight is 554 g/mol. The topological polar surface area (TPSA) is 97.3 Å². The molecule has 2 rings (SSSR count). The first-order valence-electron chi connectivity index (χ1n) is 12.1. The minimum Gasteiger partial charge on any atom is -0.444 e. The van der Waals surface area contributed by atoms with E-state index in [1.807, 2.05) is 0 Å². The molecule has 1 heterocycles. The van der Waals surface area contributed by atoms with Crippen molar-refractivity contribution in [3.63, 3.8) is 0 Å². The Kier molecular flexibility index (Phi) is 9.20. The smallest absolute Gasteiger partial charge is 0.411 e. The molecule has 0 aliphatic carbocycles. The van der Waals surface area contributed by atoms with Crippen LogP contribution < -0.4 is 5.32 Å². The molecule has 1 unspecified atom stereocenters. The Balaban J connectivity index is 2.57. The number of amides is 1. The maximum atomic E-state index is 13.8. The summed E-state index contributed by atoms with van der Waals surface area (Å²) in [5, 5.41) is 2.54. The Hall–Kier alpha value is -2.50. The lowest BCUT2D eigenvalue weighted by Gasteiger charge is -2.42. The summed E-state index contributed by atoms with van der Waals surface area (Å²) in [6, 6.07) is 4.64. The van der Waals surface area contributed by atoms with Crippen molar-refractivity contribution in [1.82, 2.24) is 9.62 Å². The number of benzene rings is 1. The van der Waals surface area contributed by atoms with E-state index >= 15 is 0 Å². The first-order chi connectivity index (χ1) is 16.8. The van der Waals surface area contributed by atoms with Gasteiger partial charge in [-0.1, -0.05) is 20.8 Å². The van der Waals surface area contributed by atoms with Crippen LogP contribution in [-0.4, -0.2) is 52.1 Å². The van der Waals surface area contributed by atoms with Crippen molar-refractivity contribution in [3.8, 4) is 0 Å². The van der Waals surface area contributed by atoms with Gasteiger partial charge in [0.25, 0.3) is 10.0 Å². The molecule has 1 amide bonds. The molecule has 37 heavy (non-hydrogen) atoms. The molecule has 206 valence electrons. The molecule has 0 saturated carbocycles. The van der Waals surface area contributed by atoms with E-state index in [0.29, 0.717) is 17.8 Å². The van der Waals surface area contributed by atoms with Crippen LogP contribution in [-0.2, 0) is 19.2 Å². The minimum absolute atomic E-state index is 0.0246. The number of sulfonamides is 1. The lowest BCUT2D eigenvalue weighted by Crippen LogP contribution is -2.49. The number of hydrogen-bond acceptors (Lipinski definition) is 6. The Bertz CT molecular complexity index is 1180. The number of carbonyl (C=O) groups excluding carboxylic acids is 1. The van der Waals surface area contributed by atoms with Crippen molar-refractivity contribution in [2.45, 2.75) is 89.6 Å². The van der Waals surface area contributed by atoms with Gasteiger partial charge in [-0.05, 0) is 82.9 Å². The summed E-state index contributed by atoms with van der Waals surface area (Å²) in [7, 11) is -6.38. The van der Waals surface area contributed by atoms with Crippen LogP contribution in [0.4, 0.5) is 9.18 Å². The quantitative estimate of drug-likeness (QED) is 0.332. The van der Waals surface area contributed by atoms with Crippen molar-refractivity contribution in [3.05, 3.63) is 53.2 Å². The summed E-state index contributed by atoms with van der Waals surface area (Å²) in [5.41, 5.74) is 0.316. The van der Waals surface area contributed by atoms with E-state index in [0.717, 1.165) is 12.1 Å². The second-order valence-corrected chi connectivity index (χ2v) is 18.3. The van der Waals surface area contributed by atoms with Crippen LogP contribution in [0, 0.1) is 5.82 Å². The van der Waals surface area contributed by atoms with Crippen LogP contribution in [0.15, 0.2) is 57.3 Å². The molecule has 1 atom stereocenters. The van der Waals surface area contributed by atoms with Gasteiger partial charge < -0.3 is 9.16 Å². The van der Waals surface area contributed by atoms with Crippen molar-refractivity contribution < 1.29 is 26.8 Å². The normalized spacial score (nSPS) is 18.1. The molecule has 1 N–H and O–H groups in total. The molecule has 1 aliphatic rings. The Labute approximate surface area is 221 Å². The van der Waals surface area contributed by atoms with Crippen LogP contribution in [0.5, 0.6) is 0 Å². The zero-order valence-electron chi connectivity index (χ0n) is 23.3. The number of alkyl carbamates (subject to hydrolysis) is 1. The number of aliphatic imine (C=N–C) groups is 1. The lowest BCUT2D eigenvalue weighted by molar-refractivity contribution is 0.0546. The third-order valence-electron chi connectivity index (χ3n) is 6.27. The van der Waals surface area contributed by atoms with Gasteiger partial charge >= 0.3 is 6.09 Å². The number of nitrogens with one attached hydrogen (secondary N) is 1. The highest BCUT2D eigenvalue weighted by Gasteiger charge is 2.42. The fraction of sp³-hybridized carbons (Fsp3) is 0.538. The Morgan fingerprint density at radius 2 is 1.76 bits per heavy atom. The summed E-state index contributed by atoms with van der Waals surface area (Å²) in [4.78, 5) is 16.4. The first kappa shape index (κ1) is 30.7. The molecular formula is C26H40FN3O5SSi. The first-order valence-corrected chi connectivity index (χ1v) is 16.5. The predicted octanol–water partition coefficient (Wildman–Crippen LogP) is 5.95. The van der Waals surface area contributed by atoms with Crippen molar-refractivity contribution in [2.75, 3.05) is 6.54 Å². The Morgan fingerprint density at radius 3 is 2.24 bits per heavy atom. The lowest BCUT2D eigenvalue weighted by atomic mass is 10.1. The van der Waals surface area contributed by atoms with Gasteiger partial charge in [0.15, 0.2) is 8.32 Å². The third-order valence-corrected chi connectivity index (χ3v) is 12.6. The van der Waals surface area contributed by atoms with Gasteiger partial charge in [0.2, 0.25) is 0 Å². The zero-order valence-corrected chi connectivity index (χ0v) is 25.1. The van der Waals surface area contributed by atoms with E-state index in [2.05, 4.69) is 50.9 Å². The van der Waals surface area contributed by atoms with Crippen LogP contribution in [0.1, 0.15) is 54.9 Å². The molecule has 0 bridgehead atoms. The van der Waals surface area contributed by atoms with Crippen molar-refractivity contribution >= 4 is 31.2 Å². The molecule has 1 aromatic carbocycles. The molecule has 1 aliphatic heterocycles. The van der Waals surface area contributed by atoms with Crippen molar-refractivity contribution in [1.29, 1.82) is 0 Å². The molecule has 0 radical (unpaired) electrons. The third kappa shape index (κ3) is 7.99. The van der Waals surface area contributed by atoms with E-state index in [1.54, 1.807) is 27.7 Å². The van der Waals surface area contributed by atoms with Crippen LogP contribution in [0.25, 0.3) is 0 Å². The van der Waals surface area contributed by atoms with Gasteiger partial charge in [-0.2, -0.15) is 0 Å². The number of halogens is 1. The van der Waals surface area contributed by atoms with E-state index in [-0.39, 0.29) is 22.2 Å². The fourth-order valence-electron chi connectivity index (χ4n) is 3.45. The summed E-state index contributed by atoms with van der Waals surface area (Å²) in [6.07, 6.45) is 0.736. The molecule has 0 saturated heterocycles. The predicted molar refractivity (Wildman–Crippen MR) is 147 cm³/mol. The maximum Gasteiger partial charge on any atom is 0.411 e. The molecule has 1 aromatic rings. The van der Waals surface area contributed by atoms with E-state index in [9.17, 15) is 17.6 Å². The van der Waals surface area contributed by atoms with Crippen LogP contribution >= 0.6 is 0 Å². The van der Waals surface area contributed by atoms with Gasteiger partial charge in [-0.3, -0.25) is 14.6 Å². The van der Waals surface area contributed by atoms with Gasteiger partial charge in [-0.25, -0.2) is 17.6 Å². The standard InChI is InChI=1S/C26H40FN3O5SSi/c1-18(29-24(31)34-25(2,3)4)15-23-22(28-8)16-20(35-37(9,10)26(5,6)7)17-30(23)36(32,33)21-13-11-19(27)12-14-21/h11-15,20H,8,16-17H2,1-7,9-10H3,(H,29,31)/b18-15+. The molecule has 0 fully saturated rings. The van der Waals surface area contributed by atoms with Gasteiger partial charge in [0, 0.05) is 12.1 Å². The van der Waals surface area contributed by atoms with Gasteiger partial charge in [-0.15, -0.1) is 0 Å². The summed E-state index contributed by atoms with van der Waals surface area (Å²) in [6.45, 7) is 21.1. The van der Waals surface area contributed by atoms with Crippen molar-refractivity contribution in [2.24, 2.45) is 4.99 Å². The average Bonchev–Trinajstić information content (AvgIpc) is 2.72. The number of ether oxygens (including phenoxy) is 1. The SMILES string of the molecule is C=NC1=C(/C=C(\C)NC(=O)OC(C)(C)C)N(S(=O)(=O)c2ccc(F)cc2)CC(O[Si](C)(C)C(C)(C)C)C1. The highest BCUT2D eigenvalue weighted by atomic mass is 32.2. The monoisotopic (exact) mass is 553 g/mol. The molecule has 0 aromatic heterocycles.